The zero-order valence-corrected chi connectivity index (χ0v) is 60.8. The van der Waals surface area contributed by atoms with Gasteiger partial charge in [-0.15, -0.1) is 0 Å². The van der Waals surface area contributed by atoms with E-state index in [1.807, 2.05) is 186 Å². The van der Waals surface area contributed by atoms with E-state index in [0.717, 1.165) is 103 Å². The molecular formula is C87H87N3O15. The summed E-state index contributed by atoms with van der Waals surface area (Å²) < 4.78 is 33.1. The van der Waals surface area contributed by atoms with Crippen LogP contribution < -0.4 is 28.4 Å². The Hall–Kier alpha value is -11.4. The highest BCUT2D eigenvalue weighted by atomic mass is 16.7. The molecule has 3 amide bonds. The second-order valence-corrected chi connectivity index (χ2v) is 28.5. The SMILES string of the molecule is Cc1ccc(C(=O)N2CCc3ccc(C(CC(=O)O)c4cc5c(cc4C)OCO5)cc3C2)cc1C.Cc1ccc(C(=O)N2CCc3ccc([C@@H](CC(=O)O)c4cc5c(cc4C)OCO5)cc3C2)cc1C.Cc1ccc(C(=O)N2CCc3ccc([C@H](CC(=O)O)c4cc5c(cc4C)OCO5)cc3C2)cc1C. The summed E-state index contributed by atoms with van der Waals surface area (Å²) in [6, 6.07) is 47.5. The van der Waals surface area contributed by atoms with Gasteiger partial charge in [0.15, 0.2) is 34.5 Å². The lowest BCUT2D eigenvalue weighted by molar-refractivity contribution is -0.138. The van der Waals surface area contributed by atoms with E-state index in [2.05, 4.69) is 36.4 Å². The first-order valence-electron chi connectivity index (χ1n) is 35.7. The number of hydrogen-bond donors (Lipinski definition) is 3. The van der Waals surface area contributed by atoms with Gasteiger partial charge in [0.25, 0.3) is 17.7 Å². The minimum Gasteiger partial charge on any atom is -0.481 e. The van der Waals surface area contributed by atoms with Crippen molar-refractivity contribution < 1.29 is 72.5 Å². The molecule has 105 heavy (non-hydrogen) atoms. The van der Waals surface area contributed by atoms with E-state index < -0.39 is 17.9 Å². The summed E-state index contributed by atoms with van der Waals surface area (Å²) in [6.07, 6.45) is 2.22. The highest BCUT2D eigenvalue weighted by molar-refractivity contribution is 5.96. The van der Waals surface area contributed by atoms with Crippen molar-refractivity contribution in [1.29, 1.82) is 0 Å². The van der Waals surface area contributed by atoms with Crippen LogP contribution in [-0.4, -0.2) is 106 Å². The Morgan fingerprint density at radius 2 is 0.562 bits per heavy atom. The first-order chi connectivity index (χ1) is 50.4. The maximum atomic E-state index is 13.2. The molecule has 9 aromatic carbocycles. The smallest absolute Gasteiger partial charge is 0.304 e. The molecule has 0 fully saturated rings. The second kappa shape index (κ2) is 30.5. The molecule has 540 valence electrons. The topological polar surface area (TPSA) is 228 Å². The number of amides is 3. The summed E-state index contributed by atoms with van der Waals surface area (Å²) in [4.78, 5) is 80.8. The maximum Gasteiger partial charge on any atom is 0.304 e. The van der Waals surface area contributed by atoms with Crippen molar-refractivity contribution in [3.63, 3.8) is 0 Å². The zero-order valence-electron chi connectivity index (χ0n) is 60.8. The molecule has 3 N–H and O–H groups in total. The molecule has 9 aromatic rings. The number of carboxylic acids is 3. The minimum absolute atomic E-state index is 0.0258. The standard InChI is InChI=1S/3C29H29NO5/c3*1-17-4-5-22(10-18(17)2)29(33)30-9-8-20-6-7-21(12-23(20)15-30)25(14-28(31)32)24-13-27-26(11-19(24)3)34-16-35-27/h3*4-7,10-13,25H,8-9,14-16H2,1-3H3,(H,31,32)/t2*25-;/m10./s1. The number of nitrogens with zero attached hydrogens (tertiary/aromatic N) is 3. The normalized spacial score (nSPS) is 15.0. The molecule has 18 heteroatoms. The van der Waals surface area contributed by atoms with Crippen LogP contribution in [0.1, 0.15) is 185 Å². The Labute approximate surface area is 611 Å². The minimum atomic E-state index is -0.865. The van der Waals surface area contributed by atoms with Crippen molar-refractivity contribution in [3.05, 3.63) is 279 Å². The van der Waals surface area contributed by atoms with Crippen molar-refractivity contribution in [3.8, 4) is 34.5 Å². The predicted octanol–water partition coefficient (Wildman–Crippen LogP) is 15.4. The van der Waals surface area contributed by atoms with Gasteiger partial charge in [-0.05, 0) is 271 Å². The molecule has 15 rings (SSSR count). The highest BCUT2D eigenvalue weighted by Gasteiger charge is 2.32. The fourth-order valence-electron chi connectivity index (χ4n) is 15.1. The number of fused-ring (bicyclic) bond motifs is 6. The van der Waals surface area contributed by atoms with Gasteiger partial charge in [0.2, 0.25) is 20.4 Å². The number of aliphatic carboxylic acids is 3. The molecule has 0 spiro atoms. The van der Waals surface area contributed by atoms with Crippen LogP contribution >= 0.6 is 0 Å². The Morgan fingerprint density at radius 3 is 0.810 bits per heavy atom. The van der Waals surface area contributed by atoms with Crippen molar-refractivity contribution in [1.82, 2.24) is 14.7 Å². The molecule has 6 aliphatic heterocycles. The summed E-state index contributed by atoms with van der Waals surface area (Å²) in [6.45, 7) is 22.1. The molecule has 1 unspecified atom stereocenters. The Bertz CT molecular complexity index is 4470. The van der Waals surface area contributed by atoms with Gasteiger partial charge in [-0.3, -0.25) is 28.8 Å². The van der Waals surface area contributed by atoms with Gasteiger partial charge in [-0.2, -0.15) is 0 Å². The Balaban J connectivity index is 0.000000140. The van der Waals surface area contributed by atoms with Gasteiger partial charge in [0, 0.05) is 73.7 Å². The molecule has 0 aliphatic carbocycles. The van der Waals surface area contributed by atoms with Crippen molar-refractivity contribution >= 4 is 35.6 Å². The third kappa shape index (κ3) is 15.8. The van der Waals surface area contributed by atoms with E-state index in [1.165, 1.54) is 33.4 Å². The van der Waals surface area contributed by atoms with Gasteiger partial charge in [0.05, 0.1) is 19.3 Å². The quantitative estimate of drug-likeness (QED) is 0.0867. The molecule has 0 saturated heterocycles. The van der Waals surface area contributed by atoms with Crippen LogP contribution in [0, 0.1) is 62.3 Å². The summed E-state index contributed by atoms with van der Waals surface area (Å²) in [5.74, 6) is 0.466. The number of rotatable bonds is 15. The first-order valence-corrected chi connectivity index (χ1v) is 35.7. The second-order valence-electron chi connectivity index (χ2n) is 28.5. The van der Waals surface area contributed by atoms with Gasteiger partial charge in [-0.1, -0.05) is 72.8 Å². The van der Waals surface area contributed by atoms with E-state index in [-0.39, 0.29) is 75.1 Å². The van der Waals surface area contributed by atoms with E-state index in [9.17, 15) is 44.1 Å². The number of ether oxygens (including phenoxy) is 6. The van der Waals surface area contributed by atoms with Crippen molar-refractivity contribution in [2.45, 2.75) is 138 Å². The highest BCUT2D eigenvalue weighted by Crippen LogP contribution is 2.45. The van der Waals surface area contributed by atoms with E-state index in [1.54, 1.807) is 0 Å². The number of aryl methyl sites for hydroxylation is 9. The van der Waals surface area contributed by atoms with Crippen LogP contribution in [0.25, 0.3) is 0 Å². The van der Waals surface area contributed by atoms with Gasteiger partial charge in [0.1, 0.15) is 0 Å². The number of benzene rings is 9. The first kappa shape index (κ1) is 72.0. The summed E-state index contributed by atoms with van der Waals surface area (Å²) in [5, 5.41) is 29.1. The Kier molecular flexibility index (Phi) is 20.9. The molecule has 0 saturated carbocycles. The molecule has 6 heterocycles. The molecule has 6 aliphatic rings. The third-order valence-corrected chi connectivity index (χ3v) is 21.6. The van der Waals surface area contributed by atoms with Crippen LogP contribution in [0.3, 0.4) is 0 Å². The lowest BCUT2D eigenvalue weighted by Crippen LogP contribution is -2.36. The zero-order chi connectivity index (χ0) is 74.1. The maximum absolute atomic E-state index is 13.2. The molecule has 3 atom stereocenters. The lowest BCUT2D eigenvalue weighted by atomic mass is 9.83. The fraction of sp³-hybridized carbons (Fsp3) is 0.310. The van der Waals surface area contributed by atoms with Gasteiger partial charge < -0.3 is 58.4 Å². The van der Waals surface area contributed by atoms with Crippen LogP contribution in [0.4, 0.5) is 0 Å². The average Bonchev–Trinajstić information content (AvgIpc) is 1.29. The molecule has 18 nitrogen and oxygen atoms in total. The summed E-state index contributed by atoms with van der Waals surface area (Å²) in [5.41, 5.74) is 24.1. The van der Waals surface area contributed by atoms with E-state index >= 15 is 0 Å². The lowest BCUT2D eigenvalue weighted by Gasteiger charge is -2.30. The monoisotopic (exact) mass is 1410 g/mol. The van der Waals surface area contributed by atoms with Crippen molar-refractivity contribution in [2.24, 2.45) is 0 Å². The van der Waals surface area contributed by atoms with Crippen LogP contribution in [0.15, 0.2) is 146 Å². The third-order valence-electron chi connectivity index (χ3n) is 21.6. The van der Waals surface area contributed by atoms with Crippen LogP contribution in [0.5, 0.6) is 34.5 Å². The van der Waals surface area contributed by atoms with Crippen molar-refractivity contribution in [2.75, 3.05) is 40.0 Å². The van der Waals surface area contributed by atoms with E-state index in [4.69, 9.17) is 28.4 Å². The Morgan fingerprint density at radius 1 is 0.305 bits per heavy atom. The van der Waals surface area contributed by atoms with Gasteiger partial charge in [-0.25, -0.2) is 0 Å². The molecule has 0 radical (unpaired) electrons. The molecule has 0 aromatic heterocycles. The number of hydrogen-bond acceptors (Lipinski definition) is 12. The number of carbonyl (C=O) groups excluding carboxylic acids is 3. The fourth-order valence-corrected chi connectivity index (χ4v) is 15.1. The van der Waals surface area contributed by atoms with Crippen LogP contribution in [0.2, 0.25) is 0 Å². The predicted molar refractivity (Wildman–Crippen MR) is 397 cm³/mol. The number of carbonyl (C=O) groups is 6. The van der Waals surface area contributed by atoms with E-state index in [0.29, 0.717) is 90.5 Å². The van der Waals surface area contributed by atoms with Crippen LogP contribution in [-0.2, 0) is 53.3 Å². The van der Waals surface area contributed by atoms with Gasteiger partial charge >= 0.3 is 17.9 Å². The average molecular weight is 1410 g/mol. The molecule has 0 bridgehead atoms. The summed E-state index contributed by atoms with van der Waals surface area (Å²) >= 11 is 0. The summed E-state index contributed by atoms with van der Waals surface area (Å²) in [7, 11) is 0. The largest absolute Gasteiger partial charge is 0.481 e. The number of carboxylic acid groups (broad SMARTS) is 3. The molecular weight excluding hydrogens is 1330 g/mol.